The first kappa shape index (κ1) is 41.9. The summed E-state index contributed by atoms with van der Waals surface area (Å²) in [5.41, 5.74) is 0.603. The quantitative estimate of drug-likeness (QED) is 0.0363. The van der Waals surface area contributed by atoms with Crippen LogP contribution in [0.1, 0.15) is 133 Å². The zero-order valence-corrected chi connectivity index (χ0v) is 30.2. The number of Topliss-reactive ketones (excluding diaryl/α,β-unsaturated/α-hetero) is 1. The molecule has 0 aromatic heterocycles. The van der Waals surface area contributed by atoms with Crippen molar-refractivity contribution in [2.24, 2.45) is 0 Å². The van der Waals surface area contributed by atoms with Crippen molar-refractivity contribution in [2.45, 2.75) is 129 Å². The van der Waals surface area contributed by atoms with E-state index < -0.39 is 13.9 Å². The Morgan fingerprint density at radius 2 is 1.27 bits per heavy atom. The van der Waals surface area contributed by atoms with Crippen LogP contribution in [0.2, 0.25) is 0 Å². The predicted octanol–water partition coefficient (Wildman–Crippen LogP) is 8.09. The Labute approximate surface area is 276 Å². The Balaban J connectivity index is 2.16. The summed E-state index contributed by atoms with van der Waals surface area (Å²) in [6, 6.07) is 9.00. The lowest BCUT2D eigenvalue weighted by Gasteiger charge is -2.30. The van der Waals surface area contributed by atoms with Gasteiger partial charge in [-0.2, -0.15) is 0 Å². The molecule has 9 heteroatoms. The molecular formula is C36H67N2O6P. The third-order valence-corrected chi connectivity index (χ3v) is 9.04. The molecule has 1 N–H and O–H groups in total. The van der Waals surface area contributed by atoms with Gasteiger partial charge in [0.1, 0.15) is 19.3 Å². The standard InChI is InChI=1S/C36H67N2O6P/c1-5-6-7-8-9-10-11-12-13-14-15-16-17-18-19-20-21-25-29-42-33-35(44-45(40,41)43-30-28-38(2,3)4)31-37-32-36(39)34-26-23-22-24-27-34/h22-24,26-27,35,37H,5-21,25,28-33H2,1-4H3. The van der Waals surface area contributed by atoms with E-state index in [2.05, 4.69) is 12.2 Å². The number of benzene rings is 1. The maximum Gasteiger partial charge on any atom is 0.268 e. The average molecular weight is 655 g/mol. The van der Waals surface area contributed by atoms with E-state index in [0.717, 1.165) is 12.8 Å². The topological polar surface area (TPSA) is 96.9 Å². The van der Waals surface area contributed by atoms with E-state index in [-0.39, 0.29) is 32.1 Å². The van der Waals surface area contributed by atoms with E-state index in [9.17, 15) is 14.3 Å². The molecule has 0 aliphatic rings. The van der Waals surface area contributed by atoms with Gasteiger partial charge in [0.15, 0.2) is 5.78 Å². The van der Waals surface area contributed by atoms with E-state index in [0.29, 0.717) is 23.2 Å². The molecule has 0 saturated carbocycles. The molecule has 0 bridgehead atoms. The van der Waals surface area contributed by atoms with Gasteiger partial charge in [0.05, 0.1) is 34.3 Å². The van der Waals surface area contributed by atoms with Crippen LogP contribution in [0.15, 0.2) is 30.3 Å². The van der Waals surface area contributed by atoms with Gasteiger partial charge in [0.25, 0.3) is 7.82 Å². The zero-order chi connectivity index (χ0) is 33.1. The monoisotopic (exact) mass is 654 g/mol. The summed E-state index contributed by atoms with van der Waals surface area (Å²) in [6.07, 6.45) is 23.1. The smallest absolute Gasteiger partial charge is 0.268 e. The normalized spacial score (nSPS) is 14.0. The van der Waals surface area contributed by atoms with Gasteiger partial charge in [-0.1, -0.05) is 146 Å². The minimum absolute atomic E-state index is 0.0388. The molecule has 2 atom stereocenters. The van der Waals surface area contributed by atoms with Crippen molar-refractivity contribution in [3.63, 3.8) is 0 Å². The molecule has 1 aromatic carbocycles. The average Bonchev–Trinajstić information content (AvgIpc) is 2.99. The maximum atomic E-state index is 12.5. The molecule has 0 heterocycles. The third kappa shape index (κ3) is 26.6. The first-order valence-corrected chi connectivity index (χ1v) is 19.4. The molecule has 8 nitrogen and oxygen atoms in total. The molecule has 0 fully saturated rings. The minimum Gasteiger partial charge on any atom is -0.756 e. The maximum absolute atomic E-state index is 12.5. The highest BCUT2D eigenvalue weighted by atomic mass is 31.2. The fourth-order valence-electron chi connectivity index (χ4n) is 5.16. The number of hydrogen-bond acceptors (Lipinski definition) is 7. The van der Waals surface area contributed by atoms with Crippen molar-refractivity contribution in [1.29, 1.82) is 0 Å². The van der Waals surface area contributed by atoms with Crippen LogP contribution in [-0.2, 0) is 18.3 Å². The number of unbranched alkanes of at least 4 members (excludes halogenated alkanes) is 17. The summed E-state index contributed by atoms with van der Waals surface area (Å²) >= 11 is 0. The van der Waals surface area contributed by atoms with Crippen molar-refractivity contribution in [3.8, 4) is 0 Å². The van der Waals surface area contributed by atoms with Crippen LogP contribution in [0.5, 0.6) is 0 Å². The van der Waals surface area contributed by atoms with Crippen LogP contribution in [0, 0.1) is 0 Å². The van der Waals surface area contributed by atoms with Crippen molar-refractivity contribution >= 4 is 13.6 Å². The van der Waals surface area contributed by atoms with Crippen LogP contribution >= 0.6 is 7.82 Å². The SMILES string of the molecule is CCCCCCCCCCCCCCCCCCCCOCC(CNCC(=O)c1ccccc1)OP(=O)([O-])OCC[N+](C)(C)C. The molecular weight excluding hydrogens is 587 g/mol. The number of ketones is 1. The number of phosphoric acid groups is 1. The number of ether oxygens (including phenoxy) is 1. The fourth-order valence-corrected chi connectivity index (χ4v) is 6.03. The molecule has 0 saturated heterocycles. The number of hydrogen-bond donors (Lipinski definition) is 1. The summed E-state index contributed by atoms with van der Waals surface area (Å²) in [5, 5.41) is 3.03. The molecule has 0 amide bonds. The summed E-state index contributed by atoms with van der Waals surface area (Å²) in [4.78, 5) is 24.9. The highest BCUT2D eigenvalue weighted by Gasteiger charge is 2.20. The van der Waals surface area contributed by atoms with Crippen LogP contribution in [0.3, 0.4) is 0 Å². The van der Waals surface area contributed by atoms with Gasteiger partial charge in [0.2, 0.25) is 0 Å². The Morgan fingerprint density at radius 1 is 0.778 bits per heavy atom. The Kier molecular flexibility index (Phi) is 25.0. The van der Waals surface area contributed by atoms with Crippen molar-refractivity contribution in [3.05, 3.63) is 35.9 Å². The first-order chi connectivity index (χ1) is 21.6. The molecule has 0 spiro atoms. The highest BCUT2D eigenvalue weighted by Crippen LogP contribution is 2.39. The van der Waals surface area contributed by atoms with E-state index in [4.69, 9.17) is 13.8 Å². The summed E-state index contributed by atoms with van der Waals surface area (Å²) < 4.78 is 29.3. The second kappa shape index (κ2) is 26.9. The largest absolute Gasteiger partial charge is 0.756 e. The Bertz CT molecular complexity index is 880. The lowest BCUT2D eigenvalue weighted by Crippen LogP contribution is -2.38. The molecule has 1 aromatic rings. The van der Waals surface area contributed by atoms with Crippen LogP contribution in [0.25, 0.3) is 0 Å². The van der Waals surface area contributed by atoms with Gasteiger partial charge in [-0.3, -0.25) is 9.36 Å². The minimum atomic E-state index is -4.52. The number of nitrogens with zero attached hydrogens (tertiary/aromatic N) is 1. The molecule has 0 radical (unpaired) electrons. The molecule has 2 unspecified atom stereocenters. The molecule has 45 heavy (non-hydrogen) atoms. The van der Waals surface area contributed by atoms with Crippen molar-refractivity contribution in [1.82, 2.24) is 5.32 Å². The number of likely N-dealkylation sites (N-methyl/N-ethyl adjacent to an activating group) is 1. The van der Waals surface area contributed by atoms with Gasteiger partial charge in [-0.25, -0.2) is 0 Å². The van der Waals surface area contributed by atoms with Crippen molar-refractivity contribution < 1.29 is 32.5 Å². The molecule has 262 valence electrons. The van der Waals surface area contributed by atoms with E-state index in [1.165, 1.54) is 103 Å². The molecule has 0 aliphatic heterocycles. The zero-order valence-electron chi connectivity index (χ0n) is 29.3. The fraction of sp³-hybridized carbons (Fsp3) is 0.806. The van der Waals surface area contributed by atoms with Crippen molar-refractivity contribution in [2.75, 3.05) is 60.6 Å². The summed E-state index contributed by atoms with van der Waals surface area (Å²) in [6.45, 7) is 3.73. The van der Waals surface area contributed by atoms with E-state index >= 15 is 0 Å². The lowest BCUT2D eigenvalue weighted by atomic mass is 10.0. The van der Waals surface area contributed by atoms with Crippen LogP contribution < -0.4 is 10.2 Å². The number of quaternary nitrogens is 1. The molecule has 0 aliphatic carbocycles. The Morgan fingerprint density at radius 3 is 1.76 bits per heavy atom. The van der Waals surface area contributed by atoms with Crippen LogP contribution in [-0.4, -0.2) is 77.0 Å². The van der Waals surface area contributed by atoms with Gasteiger partial charge in [-0.15, -0.1) is 0 Å². The predicted molar refractivity (Wildman–Crippen MR) is 185 cm³/mol. The lowest BCUT2D eigenvalue weighted by molar-refractivity contribution is -0.870. The van der Waals surface area contributed by atoms with E-state index in [1.54, 1.807) is 12.1 Å². The second-order valence-corrected chi connectivity index (χ2v) is 14.9. The summed E-state index contributed by atoms with van der Waals surface area (Å²) in [5.74, 6) is -0.0708. The van der Waals surface area contributed by atoms with E-state index in [1.807, 2.05) is 39.3 Å². The second-order valence-electron chi connectivity index (χ2n) is 13.5. The number of nitrogens with one attached hydrogen (secondary N) is 1. The van der Waals surface area contributed by atoms with Gasteiger partial charge in [0, 0.05) is 18.7 Å². The third-order valence-electron chi connectivity index (χ3n) is 7.99. The van der Waals surface area contributed by atoms with Gasteiger partial charge >= 0.3 is 0 Å². The number of carbonyl (C=O) groups is 1. The van der Waals surface area contributed by atoms with Crippen LogP contribution in [0.4, 0.5) is 0 Å². The Hall–Kier alpha value is -1.12. The van der Waals surface area contributed by atoms with Gasteiger partial charge in [-0.05, 0) is 6.42 Å². The number of rotatable bonds is 32. The molecule has 1 rings (SSSR count). The first-order valence-electron chi connectivity index (χ1n) is 17.9. The number of carbonyl (C=O) groups excluding carboxylic acids is 1. The highest BCUT2D eigenvalue weighted by molar-refractivity contribution is 7.45. The summed E-state index contributed by atoms with van der Waals surface area (Å²) in [7, 11) is 1.37. The van der Waals surface area contributed by atoms with Gasteiger partial charge < -0.3 is 28.5 Å². The number of phosphoric ester groups is 1.